The van der Waals surface area contributed by atoms with E-state index in [1.54, 1.807) is 37.8 Å². The number of hydrogen-bond donors (Lipinski definition) is 0. The molecule has 1 atom stereocenters. The highest BCUT2D eigenvalue weighted by molar-refractivity contribution is 6.09. The average Bonchev–Trinajstić information content (AvgIpc) is 3.36. The topological polar surface area (TPSA) is 85.3 Å². The molecular weight excluding hydrogens is 420 g/mol. The number of anilines is 1. The van der Waals surface area contributed by atoms with Gasteiger partial charge < -0.3 is 14.4 Å². The van der Waals surface area contributed by atoms with Gasteiger partial charge in [-0.05, 0) is 50.1 Å². The van der Waals surface area contributed by atoms with Crippen LogP contribution in [0.15, 0.2) is 47.5 Å². The quantitative estimate of drug-likeness (QED) is 0.641. The molecular formula is C26H28N2O5. The molecule has 2 aliphatic rings. The number of carbonyl (C=O) groups excluding carboxylic acids is 3. The molecule has 2 aromatic carbocycles. The number of para-hydroxylation sites is 1. The molecule has 0 saturated heterocycles. The maximum absolute atomic E-state index is 13.3. The van der Waals surface area contributed by atoms with Gasteiger partial charge >= 0.3 is 11.9 Å². The average molecular weight is 449 g/mol. The Kier molecular flexibility index (Phi) is 6.06. The van der Waals surface area contributed by atoms with Crippen molar-refractivity contribution in [1.29, 1.82) is 0 Å². The van der Waals surface area contributed by atoms with E-state index in [0.29, 0.717) is 18.4 Å². The van der Waals surface area contributed by atoms with Crippen molar-refractivity contribution >= 4 is 34.9 Å². The summed E-state index contributed by atoms with van der Waals surface area (Å²) in [4.78, 5) is 43.9. The SMILES string of the molecule is COC(=O)c1ccc2c(c1)N=C(C1Cc3ccccc3N1C(=O)CCC(=O)OC(C)(C)C)C2. The molecule has 0 aliphatic carbocycles. The minimum Gasteiger partial charge on any atom is -0.465 e. The fourth-order valence-corrected chi connectivity index (χ4v) is 4.33. The van der Waals surface area contributed by atoms with E-state index in [9.17, 15) is 14.4 Å². The van der Waals surface area contributed by atoms with Crippen molar-refractivity contribution in [3.63, 3.8) is 0 Å². The lowest BCUT2D eigenvalue weighted by molar-refractivity contribution is -0.155. The number of hydrogen-bond acceptors (Lipinski definition) is 6. The van der Waals surface area contributed by atoms with Crippen LogP contribution in [0.5, 0.6) is 0 Å². The zero-order chi connectivity index (χ0) is 23.8. The van der Waals surface area contributed by atoms with Crippen LogP contribution in [0.25, 0.3) is 0 Å². The number of carbonyl (C=O) groups is 3. The zero-order valence-corrected chi connectivity index (χ0v) is 19.4. The van der Waals surface area contributed by atoms with Gasteiger partial charge in [-0.1, -0.05) is 24.3 Å². The minimum absolute atomic E-state index is 0.0245. The van der Waals surface area contributed by atoms with Crippen LogP contribution in [0.3, 0.4) is 0 Å². The number of amides is 1. The van der Waals surface area contributed by atoms with Crippen LogP contribution in [-0.2, 0) is 31.9 Å². The lowest BCUT2D eigenvalue weighted by Gasteiger charge is -2.26. The van der Waals surface area contributed by atoms with E-state index in [0.717, 1.165) is 28.2 Å². The summed E-state index contributed by atoms with van der Waals surface area (Å²) >= 11 is 0. The lowest BCUT2D eigenvalue weighted by Crippen LogP contribution is -2.43. The van der Waals surface area contributed by atoms with Crippen LogP contribution in [0, 0.1) is 0 Å². The molecule has 172 valence electrons. The van der Waals surface area contributed by atoms with Crippen molar-refractivity contribution in [1.82, 2.24) is 0 Å². The predicted octanol–water partition coefficient (Wildman–Crippen LogP) is 4.18. The normalized spacial score (nSPS) is 16.7. The number of methoxy groups -OCH3 is 1. The number of ether oxygens (including phenoxy) is 2. The summed E-state index contributed by atoms with van der Waals surface area (Å²) in [5, 5.41) is 0. The molecule has 0 fully saturated rings. The van der Waals surface area contributed by atoms with Gasteiger partial charge in [-0.25, -0.2) is 4.79 Å². The van der Waals surface area contributed by atoms with Gasteiger partial charge in [-0.3, -0.25) is 14.6 Å². The van der Waals surface area contributed by atoms with Crippen molar-refractivity contribution in [2.24, 2.45) is 4.99 Å². The summed E-state index contributed by atoms with van der Waals surface area (Å²) in [6.07, 6.45) is 1.35. The van der Waals surface area contributed by atoms with Crippen LogP contribution < -0.4 is 4.90 Å². The summed E-state index contributed by atoms with van der Waals surface area (Å²) in [6, 6.07) is 12.9. The molecule has 7 nitrogen and oxygen atoms in total. The number of nitrogens with zero attached hydrogens (tertiary/aromatic N) is 2. The summed E-state index contributed by atoms with van der Waals surface area (Å²) in [5.74, 6) is -0.931. The maximum Gasteiger partial charge on any atom is 0.337 e. The van der Waals surface area contributed by atoms with Gasteiger partial charge in [-0.2, -0.15) is 0 Å². The summed E-state index contributed by atoms with van der Waals surface area (Å²) in [7, 11) is 1.35. The molecule has 0 N–H and O–H groups in total. The number of aliphatic imine (C=N–C) groups is 1. The van der Waals surface area contributed by atoms with Gasteiger partial charge in [0.1, 0.15) is 5.60 Å². The second-order valence-corrected chi connectivity index (χ2v) is 9.31. The Morgan fingerprint density at radius 1 is 1.06 bits per heavy atom. The Labute approximate surface area is 193 Å². The number of benzene rings is 2. The van der Waals surface area contributed by atoms with Crippen LogP contribution in [-0.4, -0.2) is 42.3 Å². The fraction of sp³-hybridized carbons (Fsp3) is 0.385. The van der Waals surface area contributed by atoms with E-state index in [1.165, 1.54) is 7.11 Å². The highest BCUT2D eigenvalue weighted by Gasteiger charge is 2.38. The van der Waals surface area contributed by atoms with Gasteiger partial charge in [0.05, 0.1) is 30.8 Å². The first-order chi connectivity index (χ1) is 15.7. The second-order valence-electron chi connectivity index (χ2n) is 9.31. The molecule has 4 rings (SSSR count). The minimum atomic E-state index is -0.587. The van der Waals surface area contributed by atoms with E-state index in [1.807, 2.05) is 30.3 Å². The first kappa shape index (κ1) is 22.7. The first-order valence-electron chi connectivity index (χ1n) is 11.1. The molecule has 1 amide bonds. The van der Waals surface area contributed by atoms with E-state index >= 15 is 0 Å². The molecule has 2 aromatic rings. The molecule has 2 heterocycles. The Morgan fingerprint density at radius 2 is 1.82 bits per heavy atom. The third-order valence-corrected chi connectivity index (χ3v) is 5.73. The van der Waals surface area contributed by atoms with Crippen molar-refractivity contribution in [3.8, 4) is 0 Å². The lowest BCUT2D eigenvalue weighted by atomic mass is 10.0. The Hall–Kier alpha value is -3.48. The molecule has 33 heavy (non-hydrogen) atoms. The van der Waals surface area contributed by atoms with E-state index in [4.69, 9.17) is 14.5 Å². The van der Waals surface area contributed by atoms with E-state index in [-0.39, 0.29) is 30.8 Å². The van der Waals surface area contributed by atoms with E-state index in [2.05, 4.69) is 0 Å². The Morgan fingerprint density at radius 3 is 2.55 bits per heavy atom. The smallest absolute Gasteiger partial charge is 0.337 e. The molecule has 0 bridgehead atoms. The standard InChI is InChI=1S/C26H28N2O5/c1-26(2,3)33-24(30)12-11-23(29)28-21-8-6-5-7-17(21)15-22(28)20-13-16-9-10-18(25(31)32-4)14-19(16)27-20/h5-10,14,22H,11-13,15H2,1-4H3. The monoisotopic (exact) mass is 448 g/mol. The number of rotatable bonds is 5. The van der Waals surface area contributed by atoms with Gasteiger partial charge in [0.2, 0.25) is 5.91 Å². The van der Waals surface area contributed by atoms with Crippen LogP contribution in [0.2, 0.25) is 0 Å². The van der Waals surface area contributed by atoms with Crippen molar-refractivity contribution in [2.45, 2.75) is 58.1 Å². The third-order valence-electron chi connectivity index (χ3n) is 5.73. The largest absolute Gasteiger partial charge is 0.465 e. The van der Waals surface area contributed by atoms with E-state index < -0.39 is 11.6 Å². The molecule has 1 unspecified atom stereocenters. The number of fused-ring (bicyclic) bond motifs is 2. The van der Waals surface area contributed by atoms with Crippen molar-refractivity contribution < 1.29 is 23.9 Å². The van der Waals surface area contributed by atoms with Crippen LogP contribution >= 0.6 is 0 Å². The highest BCUT2D eigenvalue weighted by Crippen LogP contribution is 2.37. The van der Waals surface area contributed by atoms with Crippen molar-refractivity contribution in [3.05, 3.63) is 59.2 Å². The summed E-state index contributed by atoms with van der Waals surface area (Å²) in [5.41, 5.74) is 4.39. The number of esters is 2. The summed E-state index contributed by atoms with van der Waals surface area (Å²) in [6.45, 7) is 5.42. The molecule has 0 aromatic heterocycles. The molecule has 2 aliphatic heterocycles. The van der Waals surface area contributed by atoms with Gasteiger partial charge in [0, 0.05) is 30.7 Å². The van der Waals surface area contributed by atoms with Gasteiger partial charge in [-0.15, -0.1) is 0 Å². The molecule has 7 heteroatoms. The van der Waals surface area contributed by atoms with Crippen molar-refractivity contribution in [2.75, 3.05) is 12.0 Å². The van der Waals surface area contributed by atoms with Crippen LogP contribution in [0.1, 0.15) is 55.1 Å². The first-order valence-corrected chi connectivity index (χ1v) is 11.1. The third kappa shape index (κ3) is 4.82. The highest BCUT2D eigenvalue weighted by atomic mass is 16.6. The Balaban J connectivity index is 1.56. The molecule has 0 spiro atoms. The Bertz CT molecular complexity index is 1150. The van der Waals surface area contributed by atoms with Crippen LogP contribution in [0.4, 0.5) is 11.4 Å². The maximum atomic E-state index is 13.3. The molecule has 0 saturated carbocycles. The predicted molar refractivity (Wildman–Crippen MR) is 125 cm³/mol. The van der Waals surface area contributed by atoms with Gasteiger partial charge in [0.25, 0.3) is 0 Å². The van der Waals surface area contributed by atoms with Gasteiger partial charge in [0.15, 0.2) is 0 Å². The fourth-order valence-electron chi connectivity index (χ4n) is 4.33. The molecule has 0 radical (unpaired) electrons. The second kappa shape index (κ2) is 8.81. The summed E-state index contributed by atoms with van der Waals surface area (Å²) < 4.78 is 10.2. The zero-order valence-electron chi connectivity index (χ0n) is 19.4.